The van der Waals surface area contributed by atoms with Gasteiger partial charge in [-0.05, 0) is 37.6 Å². The normalized spacial score (nSPS) is 20.4. The van der Waals surface area contributed by atoms with E-state index in [-0.39, 0.29) is 0 Å². The average Bonchev–Trinajstić information content (AvgIpc) is 2.40. The molecule has 1 atom stereocenters. The predicted octanol–water partition coefficient (Wildman–Crippen LogP) is 2.27. The van der Waals surface area contributed by atoms with Crippen molar-refractivity contribution in [1.29, 1.82) is 0 Å². The minimum atomic E-state index is 0.621. The van der Waals surface area contributed by atoms with Crippen LogP contribution < -0.4 is 15.0 Å². The minimum Gasteiger partial charge on any atom is -0.494 e. The minimum absolute atomic E-state index is 0.621. The van der Waals surface area contributed by atoms with Crippen molar-refractivity contribution in [3.05, 3.63) is 24.3 Å². The molecule has 2 rings (SSSR count). The van der Waals surface area contributed by atoms with Gasteiger partial charge in [-0.1, -0.05) is 6.92 Å². The zero-order chi connectivity index (χ0) is 12.1. The third-order valence-electron chi connectivity index (χ3n) is 3.26. The fourth-order valence-corrected chi connectivity index (χ4v) is 2.25. The summed E-state index contributed by atoms with van der Waals surface area (Å²) in [6.45, 7) is 8.24. The lowest BCUT2D eigenvalue weighted by Gasteiger charge is -2.35. The van der Waals surface area contributed by atoms with Crippen molar-refractivity contribution in [2.75, 3.05) is 31.1 Å². The van der Waals surface area contributed by atoms with Gasteiger partial charge in [-0.2, -0.15) is 0 Å². The van der Waals surface area contributed by atoms with Crippen LogP contribution in [0.15, 0.2) is 24.3 Å². The van der Waals surface area contributed by atoms with Gasteiger partial charge in [-0.3, -0.25) is 0 Å². The third kappa shape index (κ3) is 3.13. The number of benzene rings is 1. The van der Waals surface area contributed by atoms with E-state index in [1.165, 1.54) is 12.1 Å². The molecule has 3 heteroatoms. The molecule has 94 valence electrons. The van der Waals surface area contributed by atoms with Gasteiger partial charge < -0.3 is 15.0 Å². The van der Waals surface area contributed by atoms with Gasteiger partial charge in [0.25, 0.3) is 0 Å². The molecule has 17 heavy (non-hydrogen) atoms. The van der Waals surface area contributed by atoms with Crippen LogP contribution in [0.5, 0.6) is 5.75 Å². The predicted molar refractivity (Wildman–Crippen MR) is 71.9 cm³/mol. The average molecular weight is 234 g/mol. The van der Waals surface area contributed by atoms with E-state index in [1.54, 1.807) is 0 Å². The monoisotopic (exact) mass is 234 g/mol. The Morgan fingerprint density at radius 1 is 1.29 bits per heavy atom. The standard InChI is InChI=1S/C14H22N2O/c1-3-12-11-16(10-9-15-12)13-5-7-14(8-6-13)17-4-2/h5-8,12,15H,3-4,9-11H2,1-2H3. The van der Waals surface area contributed by atoms with Crippen LogP contribution in [0, 0.1) is 0 Å². The maximum Gasteiger partial charge on any atom is 0.119 e. The lowest BCUT2D eigenvalue weighted by Crippen LogP contribution is -2.50. The molecule has 0 spiro atoms. The van der Waals surface area contributed by atoms with Crippen LogP contribution in [0.3, 0.4) is 0 Å². The Bertz CT molecular complexity index is 337. The van der Waals surface area contributed by atoms with Gasteiger partial charge in [-0.25, -0.2) is 0 Å². The summed E-state index contributed by atoms with van der Waals surface area (Å²) >= 11 is 0. The van der Waals surface area contributed by atoms with Crippen molar-refractivity contribution in [1.82, 2.24) is 5.32 Å². The van der Waals surface area contributed by atoms with Crippen LogP contribution >= 0.6 is 0 Å². The Kier molecular flexibility index (Phi) is 4.26. The number of piperazine rings is 1. The van der Waals surface area contributed by atoms with Crippen molar-refractivity contribution < 1.29 is 4.74 Å². The van der Waals surface area contributed by atoms with Crippen molar-refractivity contribution in [3.8, 4) is 5.75 Å². The summed E-state index contributed by atoms with van der Waals surface area (Å²) in [7, 11) is 0. The molecule has 0 bridgehead atoms. The molecule has 1 saturated heterocycles. The van der Waals surface area contributed by atoms with E-state index < -0.39 is 0 Å². The fourth-order valence-electron chi connectivity index (χ4n) is 2.25. The maximum absolute atomic E-state index is 5.46. The fraction of sp³-hybridized carbons (Fsp3) is 0.571. The molecule has 1 aliphatic heterocycles. The summed E-state index contributed by atoms with van der Waals surface area (Å²) in [6.07, 6.45) is 1.19. The third-order valence-corrected chi connectivity index (χ3v) is 3.26. The molecular weight excluding hydrogens is 212 g/mol. The highest BCUT2D eigenvalue weighted by Gasteiger charge is 2.17. The van der Waals surface area contributed by atoms with Crippen LogP contribution in [0.25, 0.3) is 0 Å². The summed E-state index contributed by atoms with van der Waals surface area (Å²) in [4.78, 5) is 2.44. The molecule has 0 radical (unpaired) electrons. The summed E-state index contributed by atoms with van der Waals surface area (Å²) in [5, 5.41) is 3.53. The van der Waals surface area contributed by atoms with Gasteiger partial charge in [0.1, 0.15) is 5.75 Å². The summed E-state index contributed by atoms with van der Waals surface area (Å²) < 4.78 is 5.46. The molecule has 1 aromatic carbocycles. The van der Waals surface area contributed by atoms with Gasteiger partial charge in [0.15, 0.2) is 0 Å². The first-order valence-electron chi connectivity index (χ1n) is 6.54. The Hall–Kier alpha value is -1.22. The van der Waals surface area contributed by atoms with E-state index in [2.05, 4.69) is 41.4 Å². The zero-order valence-corrected chi connectivity index (χ0v) is 10.8. The molecule has 1 heterocycles. The topological polar surface area (TPSA) is 24.5 Å². The molecule has 1 N–H and O–H groups in total. The van der Waals surface area contributed by atoms with Crippen LogP contribution in [0.2, 0.25) is 0 Å². The van der Waals surface area contributed by atoms with Crippen molar-refractivity contribution in [2.24, 2.45) is 0 Å². The number of hydrogen-bond acceptors (Lipinski definition) is 3. The van der Waals surface area contributed by atoms with E-state index in [1.807, 2.05) is 6.92 Å². The van der Waals surface area contributed by atoms with Gasteiger partial charge in [0, 0.05) is 31.4 Å². The molecule has 0 aliphatic carbocycles. The van der Waals surface area contributed by atoms with Crippen LogP contribution in [0.4, 0.5) is 5.69 Å². The van der Waals surface area contributed by atoms with Crippen LogP contribution in [-0.2, 0) is 0 Å². The molecule has 1 aromatic rings. The smallest absolute Gasteiger partial charge is 0.119 e. The number of ether oxygens (including phenoxy) is 1. The maximum atomic E-state index is 5.46. The zero-order valence-electron chi connectivity index (χ0n) is 10.8. The second kappa shape index (κ2) is 5.92. The largest absolute Gasteiger partial charge is 0.494 e. The Morgan fingerprint density at radius 2 is 2.06 bits per heavy atom. The first-order valence-corrected chi connectivity index (χ1v) is 6.54. The highest BCUT2D eigenvalue weighted by molar-refractivity contribution is 5.49. The highest BCUT2D eigenvalue weighted by Crippen LogP contribution is 2.20. The lowest BCUT2D eigenvalue weighted by molar-refractivity contribution is 0.340. The van der Waals surface area contributed by atoms with E-state index in [0.717, 1.165) is 32.0 Å². The number of anilines is 1. The molecular formula is C14H22N2O. The van der Waals surface area contributed by atoms with E-state index >= 15 is 0 Å². The van der Waals surface area contributed by atoms with Crippen molar-refractivity contribution in [2.45, 2.75) is 26.3 Å². The Balaban J connectivity index is 2.01. The van der Waals surface area contributed by atoms with Gasteiger partial charge in [0.2, 0.25) is 0 Å². The van der Waals surface area contributed by atoms with Gasteiger partial charge in [-0.15, -0.1) is 0 Å². The van der Waals surface area contributed by atoms with E-state index in [0.29, 0.717) is 6.04 Å². The number of nitrogens with zero attached hydrogens (tertiary/aromatic N) is 1. The van der Waals surface area contributed by atoms with Crippen molar-refractivity contribution in [3.63, 3.8) is 0 Å². The molecule has 1 aliphatic rings. The second-order valence-corrected chi connectivity index (χ2v) is 4.43. The van der Waals surface area contributed by atoms with Crippen LogP contribution in [0.1, 0.15) is 20.3 Å². The van der Waals surface area contributed by atoms with E-state index in [9.17, 15) is 0 Å². The quantitative estimate of drug-likeness (QED) is 0.865. The summed E-state index contributed by atoms with van der Waals surface area (Å²) in [5.41, 5.74) is 1.30. The first kappa shape index (κ1) is 12.2. The first-order chi connectivity index (χ1) is 8.33. The summed E-state index contributed by atoms with van der Waals surface area (Å²) in [6, 6.07) is 9.05. The summed E-state index contributed by atoms with van der Waals surface area (Å²) in [5.74, 6) is 0.957. The lowest BCUT2D eigenvalue weighted by atomic mass is 10.1. The SMILES string of the molecule is CCOc1ccc(N2CCNC(CC)C2)cc1. The van der Waals surface area contributed by atoms with Crippen LogP contribution in [-0.4, -0.2) is 32.3 Å². The van der Waals surface area contributed by atoms with Gasteiger partial charge >= 0.3 is 0 Å². The van der Waals surface area contributed by atoms with Gasteiger partial charge in [0.05, 0.1) is 6.61 Å². The van der Waals surface area contributed by atoms with E-state index in [4.69, 9.17) is 4.74 Å². The molecule has 1 unspecified atom stereocenters. The van der Waals surface area contributed by atoms with Crippen molar-refractivity contribution >= 4 is 5.69 Å². The Morgan fingerprint density at radius 3 is 2.71 bits per heavy atom. The molecule has 0 amide bonds. The Labute approximate surface area is 104 Å². The number of nitrogens with one attached hydrogen (secondary N) is 1. The molecule has 1 fully saturated rings. The highest BCUT2D eigenvalue weighted by atomic mass is 16.5. The molecule has 0 saturated carbocycles. The molecule has 0 aromatic heterocycles. The number of hydrogen-bond donors (Lipinski definition) is 1. The number of rotatable bonds is 4. The molecule has 3 nitrogen and oxygen atoms in total. The second-order valence-electron chi connectivity index (χ2n) is 4.43.